The van der Waals surface area contributed by atoms with Crippen molar-refractivity contribution in [3.05, 3.63) is 0 Å². The van der Waals surface area contributed by atoms with Crippen LogP contribution in [0.3, 0.4) is 0 Å². The number of hydrogen-bond donors (Lipinski definition) is 2. The second-order valence-corrected chi connectivity index (χ2v) is 18.7. The molecule has 17 heteroatoms. The average Bonchev–Trinajstić information content (AvgIpc) is 3.47. The molecule has 0 aromatic heterocycles. The first kappa shape index (κ1) is 50.5. The van der Waals surface area contributed by atoms with E-state index >= 15 is 0 Å². The van der Waals surface area contributed by atoms with Crippen molar-refractivity contribution in [1.82, 2.24) is 9.80 Å². The van der Waals surface area contributed by atoms with Crippen molar-refractivity contribution >= 4 is 18.1 Å². The van der Waals surface area contributed by atoms with Crippen LogP contribution in [-0.4, -0.2) is 176 Å². The van der Waals surface area contributed by atoms with E-state index in [-0.39, 0.29) is 50.2 Å². The number of rotatable bonds is 11. The zero-order chi connectivity index (χ0) is 45.1. The summed E-state index contributed by atoms with van der Waals surface area (Å²) in [6.07, 6.45) is -7.66. The van der Waals surface area contributed by atoms with Crippen molar-refractivity contribution in [2.75, 3.05) is 48.0 Å². The van der Waals surface area contributed by atoms with Gasteiger partial charge in [0.1, 0.15) is 12.2 Å². The SMILES string of the molecule is CC[C@H]1OC(=O)[C@H](C)[C@@H](O[C@H]2C[C@@](C)(OC)[C@@H](OCCO)[C@H](C)O2)[C@H](C)[C@@H](O[C@@H]2O[C@H](C)C[C@H](N(C)C)[C@H]2OC(C)=O)[C@](C)(O)C[C@@H](C)CN(C)[C@H](C)C2OC(=O)O[C@@]21C. The molecule has 348 valence electrons. The van der Waals surface area contributed by atoms with Gasteiger partial charge in [-0.15, -0.1) is 0 Å². The van der Waals surface area contributed by atoms with Crippen LogP contribution in [0.4, 0.5) is 4.79 Å². The fourth-order valence-electron chi connectivity index (χ4n) is 10.1. The highest BCUT2D eigenvalue weighted by Gasteiger charge is 2.58. The maximum atomic E-state index is 14.6. The van der Waals surface area contributed by atoms with Gasteiger partial charge in [0.2, 0.25) is 0 Å². The first-order valence-electron chi connectivity index (χ1n) is 21.7. The smallest absolute Gasteiger partial charge is 0.458 e. The zero-order valence-electron chi connectivity index (χ0n) is 38.7. The number of cyclic esters (lactones) is 1. The van der Waals surface area contributed by atoms with Gasteiger partial charge in [0.15, 0.2) is 30.4 Å². The first-order valence-corrected chi connectivity index (χ1v) is 21.7. The Hall–Kier alpha value is -2.19. The molecule has 4 aliphatic heterocycles. The molecular formula is C43H76N2O15. The molecule has 17 nitrogen and oxygen atoms in total. The van der Waals surface area contributed by atoms with Gasteiger partial charge in [-0.1, -0.05) is 20.8 Å². The molecule has 4 saturated heterocycles. The maximum absolute atomic E-state index is 14.6. The van der Waals surface area contributed by atoms with E-state index < -0.39 is 102 Å². The number of methoxy groups -OCH3 is 1. The number of nitrogens with zero attached hydrogens (tertiary/aromatic N) is 2. The Balaban J connectivity index is 1.86. The molecule has 0 aliphatic carbocycles. The highest BCUT2D eigenvalue weighted by atomic mass is 16.8. The molecule has 0 amide bonds. The Morgan fingerprint density at radius 2 is 1.63 bits per heavy atom. The lowest BCUT2D eigenvalue weighted by atomic mass is 9.77. The molecule has 4 fully saturated rings. The molecule has 4 rings (SSSR count). The van der Waals surface area contributed by atoms with Gasteiger partial charge < -0.3 is 62.5 Å². The van der Waals surface area contributed by atoms with Crippen molar-refractivity contribution in [2.24, 2.45) is 17.8 Å². The number of carbonyl (C=O) groups is 3. The lowest BCUT2D eigenvalue weighted by Crippen LogP contribution is -2.61. The van der Waals surface area contributed by atoms with E-state index in [1.807, 2.05) is 79.4 Å². The number of hydrogen-bond acceptors (Lipinski definition) is 17. The van der Waals surface area contributed by atoms with Gasteiger partial charge >= 0.3 is 18.1 Å². The summed E-state index contributed by atoms with van der Waals surface area (Å²) in [6, 6.07) is -0.644. The van der Waals surface area contributed by atoms with E-state index in [0.29, 0.717) is 19.4 Å². The lowest BCUT2D eigenvalue weighted by molar-refractivity contribution is -0.321. The van der Waals surface area contributed by atoms with Crippen molar-refractivity contribution in [3.8, 4) is 0 Å². The van der Waals surface area contributed by atoms with Crippen LogP contribution in [0, 0.1) is 17.8 Å². The van der Waals surface area contributed by atoms with Gasteiger partial charge in [-0.2, -0.15) is 0 Å². The quantitative estimate of drug-likeness (QED) is 0.226. The molecule has 0 radical (unpaired) electrons. The van der Waals surface area contributed by atoms with Gasteiger partial charge in [0, 0.05) is 39.0 Å². The van der Waals surface area contributed by atoms with Crippen molar-refractivity contribution in [2.45, 2.75) is 192 Å². The summed E-state index contributed by atoms with van der Waals surface area (Å²) in [5.74, 6) is -3.09. The maximum Gasteiger partial charge on any atom is 0.509 e. The van der Waals surface area contributed by atoms with Crippen LogP contribution in [0.25, 0.3) is 0 Å². The normalized spacial score (nSPS) is 45.1. The summed E-state index contributed by atoms with van der Waals surface area (Å²) < 4.78 is 62.7. The van der Waals surface area contributed by atoms with E-state index in [0.717, 1.165) is 0 Å². The van der Waals surface area contributed by atoms with E-state index in [9.17, 15) is 24.6 Å². The molecule has 0 bridgehead atoms. The topological polar surface area (TPSA) is 190 Å². The minimum absolute atomic E-state index is 0.0794. The molecule has 4 heterocycles. The summed E-state index contributed by atoms with van der Waals surface area (Å²) in [7, 11) is 7.29. The molecule has 0 aromatic carbocycles. The van der Waals surface area contributed by atoms with Gasteiger partial charge in [-0.05, 0) is 94.8 Å². The highest BCUT2D eigenvalue weighted by molar-refractivity contribution is 5.73. The Morgan fingerprint density at radius 1 is 0.967 bits per heavy atom. The Morgan fingerprint density at radius 3 is 2.22 bits per heavy atom. The van der Waals surface area contributed by atoms with E-state index in [2.05, 4.69) is 0 Å². The van der Waals surface area contributed by atoms with Crippen LogP contribution < -0.4 is 0 Å². The van der Waals surface area contributed by atoms with Gasteiger partial charge in [-0.3, -0.25) is 14.5 Å². The summed E-state index contributed by atoms with van der Waals surface area (Å²) in [6.45, 7) is 20.1. The van der Waals surface area contributed by atoms with Gasteiger partial charge in [-0.25, -0.2) is 4.79 Å². The largest absolute Gasteiger partial charge is 0.509 e. The van der Waals surface area contributed by atoms with E-state index in [1.54, 1.807) is 27.9 Å². The molecule has 4 aliphatic rings. The summed E-state index contributed by atoms with van der Waals surface area (Å²) in [5.41, 5.74) is -3.84. The second kappa shape index (κ2) is 20.5. The number of ether oxygens (including phenoxy) is 10. The van der Waals surface area contributed by atoms with Crippen LogP contribution >= 0.6 is 0 Å². The molecule has 0 aromatic rings. The second-order valence-electron chi connectivity index (χ2n) is 18.7. The van der Waals surface area contributed by atoms with Gasteiger partial charge in [0.25, 0.3) is 0 Å². The fourth-order valence-corrected chi connectivity index (χ4v) is 10.1. The number of aliphatic hydroxyl groups is 2. The Labute approximate surface area is 357 Å². The molecule has 18 atom stereocenters. The van der Waals surface area contributed by atoms with Crippen molar-refractivity contribution in [3.63, 3.8) is 0 Å². The number of carbonyl (C=O) groups excluding carboxylic acids is 3. The van der Waals surface area contributed by atoms with Crippen LogP contribution in [0.2, 0.25) is 0 Å². The number of likely N-dealkylation sites (N-methyl/N-ethyl adjacent to an activating group) is 2. The van der Waals surface area contributed by atoms with Crippen LogP contribution in [0.5, 0.6) is 0 Å². The monoisotopic (exact) mass is 861 g/mol. The number of esters is 2. The minimum Gasteiger partial charge on any atom is -0.458 e. The summed E-state index contributed by atoms with van der Waals surface area (Å²) in [5, 5.41) is 22.4. The Kier molecular flexibility index (Phi) is 17.3. The third-order valence-electron chi connectivity index (χ3n) is 13.3. The average molecular weight is 861 g/mol. The molecular weight excluding hydrogens is 784 g/mol. The fraction of sp³-hybridized carbons (Fsp3) is 0.930. The first-order chi connectivity index (χ1) is 27.9. The number of fused-ring (bicyclic) bond motifs is 1. The van der Waals surface area contributed by atoms with Crippen LogP contribution in [0.15, 0.2) is 0 Å². The molecule has 2 N–H and O–H groups in total. The molecule has 60 heavy (non-hydrogen) atoms. The Bertz CT molecular complexity index is 1440. The standard InChI is InChI=1S/C43H76N2O15/c1-16-31-43(11)36(59-40(49)60-43)27(6)45(14)22-23(2)20-41(9,50)35(58-39-34(55-29(8)47)30(44(12)13)19-24(3)53-39)25(4)33(26(5)38(48)56-31)57-32-21-42(10,51-15)37(28(7)54-32)52-18-17-46/h23-28,30-37,39,46,50H,16-22H2,1-15H3/t23-,24-,25+,26-,27-,28+,30+,31-,32+,33+,34-,35-,36?,37+,39+,41-,42-,43-/m1/s1. The molecule has 0 saturated carbocycles. The van der Waals surface area contributed by atoms with Crippen molar-refractivity contribution in [1.29, 1.82) is 0 Å². The highest BCUT2D eigenvalue weighted by Crippen LogP contribution is 2.42. The van der Waals surface area contributed by atoms with E-state index in [4.69, 9.17) is 47.4 Å². The third kappa shape index (κ3) is 11.3. The minimum atomic E-state index is -1.60. The van der Waals surface area contributed by atoms with E-state index in [1.165, 1.54) is 6.92 Å². The third-order valence-corrected chi connectivity index (χ3v) is 13.3. The molecule has 1 unspecified atom stereocenters. The lowest BCUT2D eigenvalue weighted by Gasteiger charge is -2.49. The summed E-state index contributed by atoms with van der Waals surface area (Å²) in [4.78, 5) is 44.1. The predicted octanol–water partition coefficient (Wildman–Crippen LogP) is 3.67. The number of aliphatic hydroxyl groups excluding tert-OH is 1. The van der Waals surface area contributed by atoms with Gasteiger partial charge in [0.05, 0.1) is 60.8 Å². The van der Waals surface area contributed by atoms with Crippen LogP contribution in [0.1, 0.15) is 102 Å². The molecule has 0 spiro atoms. The predicted molar refractivity (Wildman–Crippen MR) is 218 cm³/mol. The van der Waals surface area contributed by atoms with Crippen molar-refractivity contribution < 1.29 is 72.0 Å². The zero-order valence-corrected chi connectivity index (χ0v) is 38.7. The van der Waals surface area contributed by atoms with Crippen LogP contribution in [-0.2, 0) is 57.0 Å². The summed E-state index contributed by atoms with van der Waals surface area (Å²) >= 11 is 0.